The molecule has 0 atom stereocenters. The van der Waals surface area contributed by atoms with Crippen LogP contribution in [0.1, 0.15) is 59.4 Å². The molecule has 0 aliphatic carbocycles. The van der Waals surface area contributed by atoms with E-state index in [1.54, 1.807) is 29.2 Å². The number of carbonyl (C=O) groups excluding carboxylic acids is 2. The molecule has 4 heteroatoms. The van der Waals surface area contributed by atoms with E-state index in [9.17, 15) is 9.59 Å². The van der Waals surface area contributed by atoms with Crippen LogP contribution in [0.3, 0.4) is 0 Å². The van der Waals surface area contributed by atoms with Crippen molar-refractivity contribution in [1.29, 1.82) is 0 Å². The summed E-state index contributed by atoms with van der Waals surface area (Å²) in [7, 11) is 0. The second-order valence-corrected chi connectivity index (χ2v) is 6.43. The second kappa shape index (κ2) is 9.76. The predicted molar refractivity (Wildman–Crippen MR) is 107 cm³/mol. The maximum atomic E-state index is 13.0. The molecule has 4 nitrogen and oxygen atoms in total. The van der Waals surface area contributed by atoms with Gasteiger partial charge in [0.25, 0.3) is 11.8 Å². The first kappa shape index (κ1) is 19.7. The third-order valence-electron chi connectivity index (χ3n) is 4.31. The fraction of sp³-hybridized carbons (Fsp3) is 0.364. The molecule has 0 aliphatic rings. The van der Waals surface area contributed by atoms with Crippen molar-refractivity contribution in [2.45, 2.75) is 40.0 Å². The van der Waals surface area contributed by atoms with Crippen LogP contribution in [0, 0.1) is 6.92 Å². The highest BCUT2D eigenvalue weighted by Gasteiger charge is 2.17. The van der Waals surface area contributed by atoms with E-state index in [-0.39, 0.29) is 11.8 Å². The summed E-state index contributed by atoms with van der Waals surface area (Å²) < 4.78 is 0. The molecule has 0 aliphatic heterocycles. The van der Waals surface area contributed by atoms with E-state index in [1.807, 2.05) is 38.1 Å². The van der Waals surface area contributed by atoms with Gasteiger partial charge in [-0.1, -0.05) is 38.0 Å². The maximum absolute atomic E-state index is 13.0. The summed E-state index contributed by atoms with van der Waals surface area (Å²) >= 11 is 0. The highest BCUT2D eigenvalue weighted by Crippen LogP contribution is 2.19. The highest BCUT2D eigenvalue weighted by atomic mass is 16.2. The molecule has 0 heterocycles. The largest absolute Gasteiger partial charge is 0.352 e. The number of unbranched alkanes of at least 4 members (excludes halogenated alkanes) is 2. The fourth-order valence-corrected chi connectivity index (χ4v) is 2.87. The molecule has 2 aromatic rings. The van der Waals surface area contributed by atoms with Gasteiger partial charge in [0.05, 0.1) is 0 Å². The molecule has 0 spiro atoms. The molecule has 1 N–H and O–H groups in total. The summed E-state index contributed by atoms with van der Waals surface area (Å²) in [5, 5.41) is 2.92. The lowest BCUT2D eigenvalue weighted by Crippen LogP contribution is -2.31. The summed E-state index contributed by atoms with van der Waals surface area (Å²) in [4.78, 5) is 27.0. The van der Waals surface area contributed by atoms with Gasteiger partial charge in [-0.05, 0) is 56.2 Å². The number of anilines is 1. The molecule has 0 bridgehead atoms. The molecule has 0 fully saturated rings. The lowest BCUT2D eigenvalue weighted by Gasteiger charge is -2.22. The van der Waals surface area contributed by atoms with Crippen molar-refractivity contribution in [3.05, 3.63) is 65.2 Å². The van der Waals surface area contributed by atoms with Gasteiger partial charge in [0, 0.05) is 29.9 Å². The lowest BCUT2D eigenvalue weighted by molar-refractivity contribution is 0.0953. The Morgan fingerprint density at radius 2 is 1.69 bits per heavy atom. The van der Waals surface area contributed by atoms with Crippen LogP contribution in [0.15, 0.2) is 48.5 Å². The first-order chi connectivity index (χ1) is 12.6. The average Bonchev–Trinajstić information content (AvgIpc) is 2.66. The van der Waals surface area contributed by atoms with Gasteiger partial charge < -0.3 is 10.2 Å². The Morgan fingerprint density at radius 3 is 2.38 bits per heavy atom. The Labute approximate surface area is 156 Å². The molecule has 0 saturated heterocycles. The molecular weight excluding hydrogens is 324 g/mol. The number of amides is 2. The standard InChI is InChI=1S/C22H28N2O2/c1-4-6-7-14-23-21(25)18-11-9-12-19(16-18)22(26)24(5-2)20-13-8-10-17(3)15-20/h8-13,15-16H,4-7,14H2,1-3H3,(H,23,25). The molecule has 2 amide bonds. The van der Waals surface area contributed by atoms with E-state index < -0.39 is 0 Å². The Hall–Kier alpha value is -2.62. The summed E-state index contributed by atoms with van der Waals surface area (Å²) in [5.41, 5.74) is 3.02. The highest BCUT2D eigenvalue weighted by molar-refractivity contribution is 6.07. The van der Waals surface area contributed by atoms with Crippen molar-refractivity contribution in [2.24, 2.45) is 0 Å². The van der Waals surface area contributed by atoms with Crippen LogP contribution in [0.5, 0.6) is 0 Å². The van der Waals surface area contributed by atoms with Crippen LogP contribution in [0.4, 0.5) is 5.69 Å². The summed E-state index contributed by atoms with van der Waals surface area (Å²) in [6, 6.07) is 14.8. The number of benzene rings is 2. The SMILES string of the molecule is CCCCCNC(=O)c1cccc(C(=O)N(CC)c2cccc(C)c2)c1. The van der Waals surface area contributed by atoms with Gasteiger partial charge in [-0.15, -0.1) is 0 Å². The zero-order valence-electron chi connectivity index (χ0n) is 15.9. The smallest absolute Gasteiger partial charge is 0.258 e. The zero-order chi connectivity index (χ0) is 18.9. The van der Waals surface area contributed by atoms with E-state index in [0.717, 1.165) is 30.5 Å². The van der Waals surface area contributed by atoms with E-state index in [0.29, 0.717) is 24.2 Å². The van der Waals surface area contributed by atoms with E-state index in [2.05, 4.69) is 12.2 Å². The fourth-order valence-electron chi connectivity index (χ4n) is 2.87. The molecule has 0 saturated carbocycles. The molecule has 2 rings (SSSR count). The third-order valence-corrected chi connectivity index (χ3v) is 4.31. The monoisotopic (exact) mass is 352 g/mol. The maximum Gasteiger partial charge on any atom is 0.258 e. The Morgan fingerprint density at radius 1 is 0.962 bits per heavy atom. The average molecular weight is 352 g/mol. The minimum Gasteiger partial charge on any atom is -0.352 e. The summed E-state index contributed by atoms with van der Waals surface area (Å²) in [6.45, 7) is 7.31. The first-order valence-corrected chi connectivity index (χ1v) is 9.33. The number of rotatable bonds is 8. The first-order valence-electron chi connectivity index (χ1n) is 9.33. The number of hydrogen-bond donors (Lipinski definition) is 1. The van der Waals surface area contributed by atoms with Crippen molar-refractivity contribution in [2.75, 3.05) is 18.0 Å². The second-order valence-electron chi connectivity index (χ2n) is 6.43. The van der Waals surface area contributed by atoms with Gasteiger partial charge in [0.15, 0.2) is 0 Å². The molecule has 26 heavy (non-hydrogen) atoms. The molecular formula is C22H28N2O2. The van der Waals surface area contributed by atoms with Crippen molar-refractivity contribution in [3.8, 4) is 0 Å². The Balaban J connectivity index is 2.14. The van der Waals surface area contributed by atoms with Gasteiger partial charge in [0.2, 0.25) is 0 Å². The van der Waals surface area contributed by atoms with Gasteiger partial charge in [-0.25, -0.2) is 0 Å². The Kier molecular flexibility index (Phi) is 7.39. The molecule has 0 aromatic heterocycles. The van der Waals surface area contributed by atoms with E-state index in [1.165, 1.54) is 0 Å². The van der Waals surface area contributed by atoms with E-state index >= 15 is 0 Å². The lowest BCUT2D eigenvalue weighted by atomic mass is 10.1. The van der Waals surface area contributed by atoms with Crippen LogP contribution in [-0.2, 0) is 0 Å². The predicted octanol–water partition coefficient (Wildman–Crippen LogP) is 4.58. The van der Waals surface area contributed by atoms with Crippen molar-refractivity contribution in [3.63, 3.8) is 0 Å². The molecule has 0 unspecified atom stereocenters. The molecule has 138 valence electrons. The van der Waals surface area contributed by atoms with Crippen LogP contribution in [0.2, 0.25) is 0 Å². The van der Waals surface area contributed by atoms with Crippen LogP contribution < -0.4 is 10.2 Å². The number of aryl methyl sites for hydroxylation is 1. The third kappa shape index (κ3) is 5.19. The minimum atomic E-state index is -0.130. The van der Waals surface area contributed by atoms with Crippen LogP contribution >= 0.6 is 0 Å². The molecule has 0 radical (unpaired) electrons. The molecule has 2 aromatic carbocycles. The van der Waals surface area contributed by atoms with Gasteiger partial charge in [-0.3, -0.25) is 9.59 Å². The summed E-state index contributed by atoms with van der Waals surface area (Å²) in [6.07, 6.45) is 3.18. The van der Waals surface area contributed by atoms with Gasteiger partial charge in [-0.2, -0.15) is 0 Å². The number of nitrogens with zero attached hydrogens (tertiary/aromatic N) is 1. The van der Waals surface area contributed by atoms with E-state index in [4.69, 9.17) is 0 Å². The number of carbonyl (C=O) groups is 2. The zero-order valence-corrected chi connectivity index (χ0v) is 15.9. The van der Waals surface area contributed by atoms with Crippen LogP contribution in [-0.4, -0.2) is 24.9 Å². The Bertz CT molecular complexity index is 755. The summed E-state index contributed by atoms with van der Waals surface area (Å²) in [5.74, 6) is -0.229. The van der Waals surface area contributed by atoms with Gasteiger partial charge >= 0.3 is 0 Å². The minimum absolute atomic E-state index is 0.0984. The normalized spacial score (nSPS) is 10.4. The quantitative estimate of drug-likeness (QED) is 0.707. The van der Waals surface area contributed by atoms with Crippen molar-refractivity contribution in [1.82, 2.24) is 5.32 Å². The van der Waals surface area contributed by atoms with Gasteiger partial charge in [0.1, 0.15) is 0 Å². The van der Waals surface area contributed by atoms with Crippen molar-refractivity contribution < 1.29 is 9.59 Å². The van der Waals surface area contributed by atoms with Crippen LogP contribution in [0.25, 0.3) is 0 Å². The number of hydrogen-bond acceptors (Lipinski definition) is 2. The number of nitrogens with one attached hydrogen (secondary N) is 1. The topological polar surface area (TPSA) is 49.4 Å². The van der Waals surface area contributed by atoms with Crippen molar-refractivity contribution >= 4 is 17.5 Å².